The van der Waals surface area contributed by atoms with E-state index >= 15 is 0 Å². The summed E-state index contributed by atoms with van der Waals surface area (Å²) >= 11 is 0. The first-order chi connectivity index (χ1) is 12.5. The van der Waals surface area contributed by atoms with Gasteiger partial charge in [0.05, 0.1) is 11.5 Å². The maximum absolute atomic E-state index is 13.1. The van der Waals surface area contributed by atoms with E-state index in [2.05, 4.69) is 0 Å². The van der Waals surface area contributed by atoms with Crippen molar-refractivity contribution in [2.75, 3.05) is 0 Å². The second-order valence-electron chi connectivity index (χ2n) is 8.69. The van der Waals surface area contributed by atoms with Crippen molar-refractivity contribution in [1.29, 1.82) is 0 Å². The van der Waals surface area contributed by atoms with E-state index < -0.39 is 44.4 Å². The van der Waals surface area contributed by atoms with Crippen molar-refractivity contribution in [3.63, 3.8) is 0 Å². The topological polar surface area (TPSA) is 96.0 Å². The average molecular weight is 403 g/mol. The molecule has 0 spiro atoms. The molecule has 8 heteroatoms. The number of hydrogen-bond acceptors (Lipinski definition) is 7. The highest BCUT2D eigenvalue weighted by molar-refractivity contribution is 7.87. The predicted octanol–water partition coefficient (Wildman–Crippen LogP) is 2.57. The summed E-state index contributed by atoms with van der Waals surface area (Å²) in [6, 6.07) is 0. The fourth-order valence-electron chi connectivity index (χ4n) is 4.50. The molecule has 27 heavy (non-hydrogen) atoms. The van der Waals surface area contributed by atoms with Crippen molar-refractivity contribution in [2.24, 2.45) is 17.3 Å². The quantitative estimate of drug-likeness (QED) is 0.477. The molecule has 1 heterocycles. The highest BCUT2D eigenvalue weighted by Crippen LogP contribution is 2.55. The SMILES string of the molecule is CCC(C)(C)C(=O)OC(CC)(CC)C(=O)OC1C2CC3OS(=O)(=O)C1C3C2. The zero-order valence-corrected chi connectivity index (χ0v) is 17.5. The Morgan fingerprint density at radius 3 is 2.22 bits per heavy atom. The fraction of sp³-hybridized carbons (Fsp3) is 0.895. The van der Waals surface area contributed by atoms with Crippen LogP contribution in [0.1, 0.15) is 66.7 Å². The minimum Gasteiger partial charge on any atom is -0.458 e. The molecule has 2 saturated carbocycles. The number of carbonyl (C=O) groups is 2. The highest BCUT2D eigenvalue weighted by Gasteiger charge is 2.66. The Kier molecular flexibility index (Phi) is 5.13. The summed E-state index contributed by atoms with van der Waals surface area (Å²) < 4.78 is 41.2. The lowest BCUT2D eigenvalue weighted by Crippen LogP contribution is -2.49. The standard InChI is InChI=1S/C19H30O7S/c1-6-18(4,5)16(20)25-19(7-2,8-3)17(21)24-14-11-9-12-13(10-11)26-27(22,23)15(12)14/h11-15H,6-10H2,1-5H3. The molecule has 3 aliphatic rings. The molecule has 0 radical (unpaired) electrons. The van der Waals surface area contributed by atoms with Crippen LogP contribution in [0.2, 0.25) is 0 Å². The number of ether oxygens (including phenoxy) is 2. The molecule has 1 saturated heterocycles. The number of rotatable bonds is 7. The molecular formula is C19H30O7S. The lowest BCUT2D eigenvalue weighted by Gasteiger charge is -2.35. The van der Waals surface area contributed by atoms with Crippen LogP contribution >= 0.6 is 0 Å². The van der Waals surface area contributed by atoms with Crippen LogP contribution < -0.4 is 0 Å². The van der Waals surface area contributed by atoms with Gasteiger partial charge < -0.3 is 9.47 Å². The molecule has 5 atom stereocenters. The molecule has 2 aliphatic carbocycles. The summed E-state index contributed by atoms with van der Waals surface area (Å²) in [5.74, 6) is -1.21. The predicted molar refractivity (Wildman–Crippen MR) is 97.2 cm³/mol. The summed E-state index contributed by atoms with van der Waals surface area (Å²) in [4.78, 5) is 25.6. The molecule has 2 bridgehead atoms. The van der Waals surface area contributed by atoms with Gasteiger partial charge >= 0.3 is 11.9 Å². The summed E-state index contributed by atoms with van der Waals surface area (Å²) in [7, 11) is -3.72. The Morgan fingerprint density at radius 1 is 1.04 bits per heavy atom. The molecule has 154 valence electrons. The van der Waals surface area contributed by atoms with Gasteiger partial charge in [0.25, 0.3) is 10.1 Å². The monoisotopic (exact) mass is 402 g/mol. The van der Waals surface area contributed by atoms with Gasteiger partial charge in [0.1, 0.15) is 11.4 Å². The lowest BCUT2D eigenvalue weighted by molar-refractivity contribution is -0.194. The van der Waals surface area contributed by atoms with Crippen LogP contribution in [0.5, 0.6) is 0 Å². The van der Waals surface area contributed by atoms with Crippen LogP contribution in [0.25, 0.3) is 0 Å². The number of fused-ring (bicyclic) bond motifs is 1. The van der Waals surface area contributed by atoms with Gasteiger partial charge in [-0.3, -0.25) is 8.98 Å². The van der Waals surface area contributed by atoms with E-state index in [0.29, 0.717) is 19.3 Å². The maximum Gasteiger partial charge on any atom is 0.350 e. The van der Waals surface area contributed by atoms with E-state index in [4.69, 9.17) is 13.7 Å². The Hall–Kier alpha value is -1.15. The maximum atomic E-state index is 13.1. The van der Waals surface area contributed by atoms with Crippen LogP contribution in [0, 0.1) is 17.3 Å². The second-order valence-corrected chi connectivity index (χ2v) is 10.4. The lowest BCUT2D eigenvalue weighted by atomic mass is 9.89. The van der Waals surface area contributed by atoms with Gasteiger partial charge in [-0.2, -0.15) is 8.42 Å². The molecule has 3 fully saturated rings. The van der Waals surface area contributed by atoms with E-state index in [9.17, 15) is 18.0 Å². The van der Waals surface area contributed by atoms with Crippen molar-refractivity contribution < 1.29 is 31.7 Å². The van der Waals surface area contributed by atoms with Crippen LogP contribution in [0.3, 0.4) is 0 Å². The zero-order valence-electron chi connectivity index (χ0n) is 16.7. The molecule has 0 aromatic carbocycles. The first kappa shape index (κ1) is 20.6. The van der Waals surface area contributed by atoms with Gasteiger partial charge in [-0.05, 0) is 46.0 Å². The average Bonchev–Trinajstić information content (AvgIpc) is 3.21. The van der Waals surface area contributed by atoms with Crippen LogP contribution in [-0.4, -0.2) is 43.4 Å². The van der Waals surface area contributed by atoms with E-state index in [1.165, 1.54) is 0 Å². The molecule has 3 rings (SSSR count). The third kappa shape index (κ3) is 3.18. The molecular weight excluding hydrogens is 372 g/mol. The molecule has 1 aliphatic heterocycles. The minimum atomic E-state index is -3.72. The van der Waals surface area contributed by atoms with Crippen LogP contribution in [0.15, 0.2) is 0 Å². The largest absolute Gasteiger partial charge is 0.458 e. The first-order valence-corrected chi connectivity index (χ1v) is 11.3. The molecule has 0 aromatic rings. The van der Waals surface area contributed by atoms with Gasteiger partial charge in [0.2, 0.25) is 5.60 Å². The summed E-state index contributed by atoms with van der Waals surface area (Å²) in [6.45, 7) is 8.97. The number of hydrogen-bond donors (Lipinski definition) is 0. The Bertz CT molecular complexity index is 720. The second kappa shape index (κ2) is 6.72. The number of carbonyl (C=O) groups excluding carboxylic acids is 2. The van der Waals surface area contributed by atoms with Crippen molar-refractivity contribution in [3.8, 4) is 0 Å². The third-order valence-corrected chi connectivity index (χ3v) is 8.67. The third-order valence-electron chi connectivity index (χ3n) is 6.87. The Morgan fingerprint density at radius 2 is 1.67 bits per heavy atom. The van der Waals surface area contributed by atoms with Crippen molar-refractivity contribution >= 4 is 22.1 Å². The molecule has 7 nitrogen and oxygen atoms in total. The van der Waals surface area contributed by atoms with Gasteiger partial charge in [-0.1, -0.05) is 20.8 Å². The molecule has 5 unspecified atom stereocenters. The molecule has 0 amide bonds. The Balaban J connectivity index is 1.79. The molecule has 0 aromatic heterocycles. The van der Waals surface area contributed by atoms with E-state index in [-0.39, 0.29) is 30.8 Å². The van der Waals surface area contributed by atoms with Gasteiger partial charge in [-0.15, -0.1) is 0 Å². The highest BCUT2D eigenvalue weighted by atomic mass is 32.2. The Labute approximate surface area is 161 Å². The molecule has 0 N–H and O–H groups in total. The van der Waals surface area contributed by atoms with Crippen LogP contribution in [-0.2, 0) is 33.4 Å². The summed E-state index contributed by atoms with van der Waals surface area (Å²) in [5.41, 5.74) is -2.11. The normalized spacial score (nSPS) is 33.9. The zero-order chi connectivity index (χ0) is 20.2. The van der Waals surface area contributed by atoms with E-state index in [1.54, 1.807) is 27.7 Å². The summed E-state index contributed by atoms with van der Waals surface area (Å²) in [6.07, 6.45) is 1.41. The van der Waals surface area contributed by atoms with Gasteiger partial charge in [0.15, 0.2) is 0 Å². The van der Waals surface area contributed by atoms with E-state index in [0.717, 1.165) is 0 Å². The van der Waals surface area contributed by atoms with Gasteiger partial charge in [-0.25, -0.2) is 4.79 Å². The fourth-order valence-corrected chi connectivity index (χ4v) is 6.52. The minimum absolute atomic E-state index is 0.0135. The first-order valence-electron chi connectivity index (χ1n) is 9.88. The van der Waals surface area contributed by atoms with Crippen molar-refractivity contribution in [1.82, 2.24) is 0 Å². The van der Waals surface area contributed by atoms with Crippen LogP contribution in [0.4, 0.5) is 0 Å². The van der Waals surface area contributed by atoms with Gasteiger partial charge in [0, 0.05) is 11.8 Å². The number of esters is 2. The van der Waals surface area contributed by atoms with Crippen molar-refractivity contribution in [2.45, 2.75) is 89.8 Å². The van der Waals surface area contributed by atoms with E-state index in [1.807, 2.05) is 6.92 Å². The smallest absolute Gasteiger partial charge is 0.350 e. The summed E-state index contributed by atoms with van der Waals surface area (Å²) in [5, 5.41) is -0.792. The van der Waals surface area contributed by atoms with Crippen molar-refractivity contribution in [3.05, 3.63) is 0 Å².